The van der Waals surface area contributed by atoms with Gasteiger partial charge < -0.3 is 9.84 Å². The molecular weight excluding hydrogens is 194 g/mol. The van der Waals surface area contributed by atoms with Crippen LogP contribution in [0.15, 0.2) is 0 Å². The van der Waals surface area contributed by atoms with Gasteiger partial charge in [0.05, 0.1) is 6.61 Å². The van der Waals surface area contributed by atoms with Crippen molar-refractivity contribution in [3.05, 3.63) is 0 Å². The van der Waals surface area contributed by atoms with Gasteiger partial charge >= 0.3 is 5.97 Å². The van der Waals surface area contributed by atoms with Gasteiger partial charge in [-0.3, -0.25) is 9.69 Å². The third-order valence-corrected chi connectivity index (χ3v) is 3.10. The van der Waals surface area contributed by atoms with Gasteiger partial charge in [0.2, 0.25) is 0 Å². The molecule has 1 saturated heterocycles. The fraction of sp³-hybridized carbons (Fsp3) is 0.909. The Morgan fingerprint density at radius 2 is 2.33 bits per heavy atom. The Morgan fingerprint density at radius 1 is 1.60 bits per heavy atom. The molecule has 0 aromatic rings. The van der Waals surface area contributed by atoms with Crippen LogP contribution in [0.5, 0.6) is 0 Å². The lowest BCUT2D eigenvalue weighted by Gasteiger charge is -2.38. The van der Waals surface area contributed by atoms with Crippen LogP contribution in [0, 0.1) is 0 Å². The van der Waals surface area contributed by atoms with Crippen molar-refractivity contribution in [1.29, 1.82) is 0 Å². The van der Waals surface area contributed by atoms with Gasteiger partial charge in [0.1, 0.15) is 6.04 Å². The molecule has 1 fully saturated rings. The third kappa shape index (κ3) is 3.18. The van der Waals surface area contributed by atoms with Crippen molar-refractivity contribution < 1.29 is 14.6 Å². The van der Waals surface area contributed by atoms with E-state index in [1.165, 1.54) is 6.42 Å². The van der Waals surface area contributed by atoms with Crippen LogP contribution in [0.2, 0.25) is 0 Å². The Labute approximate surface area is 91.2 Å². The lowest BCUT2D eigenvalue weighted by molar-refractivity contribution is -0.145. The van der Waals surface area contributed by atoms with E-state index in [2.05, 4.69) is 4.90 Å². The number of nitrogens with zero attached hydrogens (tertiary/aromatic N) is 1. The van der Waals surface area contributed by atoms with E-state index in [9.17, 15) is 4.79 Å². The van der Waals surface area contributed by atoms with Crippen molar-refractivity contribution in [2.24, 2.45) is 0 Å². The van der Waals surface area contributed by atoms with Crippen LogP contribution < -0.4 is 0 Å². The number of hydrogen-bond acceptors (Lipinski definition) is 3. The number of aliphatic carboxylic acids is 1. The summed E-state index contributed by atoms with van der Waals surface area (Å²) in [6.07, 6.45) is 4.00. The molecule has 0 radical (unpaired) electrons. The molecule has 0 bridgehead atoms. The monoisotopic (exact) mass is 215 g/mol. The van der Waals surface area contributed by atoms with Gasteiger partial charge in [0.25, 0.3) is 0 Å². The predicted molar refractivity (Wildman–Crippen MR) is 57.9 cm³/mol. The third-order valence-electron chi connectivity index (χ3n) is 3.10. The number of ether oxygens (including phenoxy) is 1. The molecule has 0 aromatic carbocycles. The van der Waals surface area contributed by atoms with E-state index in [1.807, 2.05) is 6.92 Å². The highest BCUT2D eigenvalue weighted by molar-refractivity contribution is 5.73. The first-order valence-corrected chi connectivity index (χ1v) is 5.68. The van der Waals surface area contributed by atoms with E-state index in [4.69, 9.17) is 9.84 Å². The van der Waals surface area contributed by atoms with E-state index in [0.717, 1.165) is 19.4 Å². The summed E-state index contributed by atoms with van der Waals surface area (Å²) in [5, 5.41) is 9.13. The second-order valence-electron chi connectivity index (χ2n) is 4.11. The van der Waals surface area contributed by atoms with Gasteiger partial charge in [-0.25, -0.2) is 0 Å². The minimum atomic E-state index is -0.708. The maximum atomic E-state index is 11.1. The summed E-state index contributed by atoms with van der Waals surface area (Å²) >= 11 is 0. The van der Waals surface area contributed by atoms with Crippen molar-refractivity contribution in [2.45, 2.75) is 44.7 Å². The van der Waals surface area contributed by atoms with E-state index in [0.29, 0.717) is 13.0 Å². The van der Waals surface area contributed by atoms with Gasteiger partial charge in [-0.1, -0.05) is 13.3 Å². The topological polar surface area (TPSA) is 49.8 Å². The van der Waals surface area contributed by atoms with E-state index < -0.39 is 5.97 Å². The zero-order chi connectivity index (χ0) is 11.3. The Balaban J connectivity index is 2.64. The van der Waals surface area contributed by atoms with Crippen LogP contribution in [-0.2, 0) is 9.53 Å². The smallest absolute Gasteiger partial charge is 0.320 e. The molecule has 0 amide bonds. The molecule has 1 heterocycles. The molecule has 0 spiro atoms. The van der Waals surface area contributed by atoms with Crippen LogP contribution in [0.4, 0.5) is 0 Å². The van der Waals surface area contributed by atoms with E-state index in [1.54, 1.807) is 7.11 Å². The highest BCUT2D eigenvalue weighted by atomic mass is 16.5. The SMILES string of the molecule is CC[C@H](C(=O)O)N1CCCC[C@@H]1COC. The van der Waals surface area contributed by atoms with Gasteiger partial charge in [-0.15, -0.1) is 0 Å². The van der Waals surface area contributed by atoms with Crippen LogP contribution in [-0.4, -0.2) is 48.3 Å². The zero-order valence-corrected chi connectivity index (χ0v) is 9.61. The standard InChI is InChI=1S/C11H21NO3/c1-3-10(11(13)14)12-7-5-4-6-9(12)8-15-2/h9-10H,3-8H2,1-2H3,(H,13,14)/t9-,10-/m1/s1. The normalized spacial score (nSPS) is 25.1. The first-order valence-electron chi connectivity index (χ1n) is 5.68. The summed E-state index contributed by atoms with van der Waals surface area (Å²) in [6, 6.07) is -0.0600. The molecule has 1 aliphatic heterocycles. The fourth-order valence-electron chi connectivity index (χ4n) is 2.36. The lowest BCUT2D eigenvalue weighted by Crippen LogP contribution is -2.51. The molecular formula is C11H21NO3. The Kier molecular flexibility index (Phi) is 5.05. The first kappa shape index (κ1) is 12.5. The Hall–Kier alpha value is -0.610. The molecule has 0 aliphatic carbocycles. The number of hydrogen-bond donors (Lipinski definition) is 1. The Bertz CT molecular complexity index is 206. The molecule has 0 saturated carbocycles. The molecule has 4 nitrogen and oxygen atoms in total. The predicted octanol–water partition coefficient (Wildman–Crippen LogP) is 1.35. The van der Waals surface area contributed by atoms with Crippen molar-refractivity contribution in [2.75, 3.05) is 20.3 Å². The quantitative estimate of drug-likeness (QED) is 0.752. The van der Waals surface area contributed by atoms with Crippen LogP contribution in [0.1, 0.15) is 32.6 Å². The van der Waals surface area contributed by atoms with Gasteiger partial charge in [0, 0.05) is 13.2 Å². The summed E-state index contributed by atoms with van der Waals surface area (Å²) in [6.45, 7) is 3.46. The molecule has 1 aliphatic rings. The maximum absolute atomic E-state index is 11.1. The highest BCUT2D eigenvalue weighted by Gasteiger charge is 2.31. The number of piperidine rings is 1. The average Bonchev–Trinajstić information content (AvgIpc) is 2.21. The molecule has 1 N–H and O–H groups in total. The van der Waals surface area contributed by atoms with Crippen molar-refractivity contribution in [3.63, 3.8) is 0 Å². The number of carboxylic acids is 1. The number of methoxy groups -OCH3 is 1. The van der Waals surface area contributed by atoms with Gasteiger partial charge in [0.15, 0.2) is 0 Å². The maximum Gasteiger partial charge on any atom is 0.320 e. The number of carbonyl (C=O) groups is 1. The van der Waals surface area contributed by atoms with Crippen LogP contribution in [0.3, 0.4) is 0 Å². The summed E-state index contributed by atoms with van der Waals surface area (Å²) < 4.78 is 5.15. The van der Waals surface area contributed by atoms with E-state index in [-0.39, 0.29) is 12.1 Å². The van der Waals surface area contributed by atoms with Gasteiger partial charge in [-0.2, -0.15) is 0 Å². The molecule has 15 heavy (non-hydrogen) atoms. The lowest BCUT2D eigenvalue weighted by atomic mass is 9.99. The molecule has 1 rings (SSSR count). The molecule has 4 heteroatoms. The largest absolute Gasteiger partial charge is 0.480 e. The van der Waals surface area contributed by atoms with Crippen molar-refractivity contribution in [1.82, 2.24) is 4.90 Å². The first-order chi connectivity index (χ1) is 7.20. The van der Waals surface area contributed by atoms with Crippen molar-refractivity contribution >= 4 is 5.97 Å². The number of likely N-dealkylation sites (tertiary alicyclic amines) is 1. The second-order valence-corrected chi connectivity index (χ2v) is 4.11. The summed E-state index contributed by atoms with van der Waals surface area (Å²) in [5.41, 5.74) is 0. The van der Waals surface area contributed by atoms with Crippen molar-refractivity contribution in [3.8, 4) is 0 Å². The summed E-state index contributed by atoms with van der Waals surface area (Å²) in [4.78, 5) is 13.2. The highest BCUT2D eigenvalue weighted by Crippen LogP contribution is 2.21. The van der Waals surface area contributed by atoms with Gasteiger partial charge in [-0.05, 0) is 25.8 Å². The van der Waals surface area contributed by atoms with E-state index >= 15 is 0 Å². The minimum absolute atomic E-state index is 0.282. The summed E-state index contributed by atoms with van der Waals surface area (Å²) in [7, 11) is 1.68. The Morgan fingerprint density at radius 3 is 2.87 bits per heavy atom. The van der Waals surface area contributed by atoms with Crippen LogP contribution >= 0.6 is 0 Å². The molecule has 0 unspecified atom stereocenters. The number of carboxylic acid groups (broad SMARTS) is 1. The van der Waals surface area contributed by atoms with Crippen LogP contribution in [0.25, 0.3) is 0 Å². The average molecular weight is 215 g/mol. The number of rotatable bonds is 5. The zero-order valence-electron chi connectivity index (χ0n) is 9.61. The summed E-state index contributed by atoms with van der Waals surface area (Å²) in [5.74, 6) is -0.708. The minimum Gasteiger partial charge on any atom is -0.480 e. The second kappa shape index (κ2) is 6.08. The molecule has 88 valence electrons. The fourth-order valence-corrected chi connectivity index (χ4v) is 2.36. The molecule has 0 aromatic heterocycles. The molecule has 2 atom stereocenters.